The normalized spacial score (nSPS) is 29.2. The Kier molecular flexibility index (Phi) is 2.46. The van der Waals surface area contributed by atoms with Crippen molar-refractivity contribution in [1.29, 1.82) is 0 Å². The lowest BCUT2D eigenvalue weighted by atomic mass is 9.95. The molecule has 1 aromatic heterocycles. The van der Waals surface area contributed by atoms with E-state index < -0.39 is 0 Å². The highest BCUT2D eigenvalue weighted by Gasteiger charge is 2.24. The summed E-state index contributed by atoms with van der Waals surface area (Å²) in [7, 11) is 0. The SMILES string of the molecule is CC1CCN(c2ncns2)CC1N. The molecule has 2 N–H and O–H groups in total. The molecule has 2 heterocycles. The van der Waals surface area contributed by atoms with Gasteiger partial charge in [-0.3, -0.25) is 0 Å². The van der Waals surface area contributed by atoms with E-state index in [1.54, 1.807) is 6.33 Å². The Balaban J connectivity index is 2.03. The van der Waals surface area contributed by atoms with Crippen LogP contribution in [0.1, 0.15) is 13.3 Å². The first-order valence-electron chi connectivity index (χ1n) is 4.54. The van der Waals surface area contributed by atoms with Crippen LogP contribution in [0.15, 0.2) is 6.33 Å². The van der Waals surface area contributed by atoms with Crippen molar-refractivity contribution < 1.29 is 0 Å². The predicted molar refractivity (Wildman–Crippen MR) is 53.9 cm³/mol. The van der Waals surface area contributed by atoms with Gasteiger partial charge in [-0.05, 0) is 12.3 Å². The monoisotopic (exact) mass is 198 g/mol. The average molecular weight is 198 g/mol. The molecule has 1 aliphatic heterocycles. The van der Waals surface area contributed by atoms with Crippen LogP contribution >= 0.6 is 11.5 Å². The van der Waals surface area contributed by atoms with E-state index in [-0.39, 0.29) is 6.04 Å². The molecule has 13 heavy (non-hydrogen) atoms. The zero-order valence-corrected chi connectivity index (χ0v) is 8.50. The van der Waals surface area contributed by atoms with Crippen LogP contribution in [0, 0.1) is 5.92 Å². The molecule has 0 amide bonds. The molecule has 2 atom stereocenters. The molecule has 2 unspecified atom stereocenters. The van der Waals surface area contributed by atoms with E-state index in [9.17, 15) is 0 Å². The largest absolute Gasteiger partial charge is 0.345 e. The van der Waals surface area contributed by atoms with Gasteiger partial charge in [0.15, 0.2) is 0 Å². The number of anilines is 1. The Hall–Kier alpha value is -0.680. The van der Waals surface area contributed by atoms with Crippen molar-refractivity contribution >= 4 is 16.7 Å². The van der Waals surface area contributed by atoms with Crippen molar-refractivity contribution in [2.24, 2.45) is 11.7 Å². The van der Waals surface area contributed by atoms with Gasteiger partial charge in [-0.1, -0.05) is 6.92 Å². The van der Waals surface area contributed by atoms with Gasteiger partial charge >= 0.3 is 0 Å². The minimum atomic E-state index is 0.276. The standard InChI is InChI=1S/C8H14N4S/c1-6-2-3-12(4-7(6)9)8-10-5-11-13-8/h5-7H,2-4,9H2,1H3. The summed E-state index contributed by atoms with van der Waals surface area (Å²) in [4.78, 5) is 6.40. The maximum absolute atomic E-state index is 5.99. The van der Waals surface area contributed by atoms with Crippen LogP contribution in [-0.2, 0) is 0 Å². The smallest absolute Gasteiger partial charge is 0.204 e. The van der Waals surface area contributed by atoms with Gasteiger partial charge in [-0.25, -0.2) is 4.98 Å². The first kappa shape index (κ1) is 8.90. The number of hydrogen-bond acceptors (Lipinski definition) is 5. The van der Waals surface area contributed by atoms with E-state index in [1.165, 1.54) is 11.5 Å². The molecule has 4 nitrogen and oxygen atoms in total. The fourth-order valence-corrected chi connectivity index (χ4v) is 2.14. The van der Waals surface area contributed by atoms with Gasteiger partial charge < -0.3 is 10.6 Å². The molecule has 1 saturated heterocycles. The summed E-state index contributed by atoms with van der Waals surface area (Å²) in [6, 6.07) is 0.276. The Morgan fingerprint density at radius 1 is 1.69 bits per heavy atom. The lowest BCUT2D eigenvalue weighted by molar-refractivity contribution is 0.379. The molecule has 0 bridgehead atoms. The van der Waals surface area contributed by atoms with Crippen LogP contribution in [-0.4, -0.2) is 28.5 Å². The Morgan fingerprint density at radius 2 is 2.54 bits per heavy atom. The number of piperidine rings is 1. The van der Waals surface area contributed by atoms with Gasteiger partial charge in [0.2, 0.25) is 5.13 Å². The van der Waals surface area contributed by atoms with Crippen LogP contribution in [0.4, 0.5) is 5.13 Å². The van der Waals surface area contributed by atoms with Crippen molar-refractivity contribution in [3.8, 4) is 0 Å². The number of nitrogens with zero attached hydrogens (tertiary/aromatic N) is 3. The van der Waals surface area contributed by atoms with Crippen molar-refractivity contribution in [3.05, 3.63) is 6.33 Å². The molecule has 1 aliphatic rings. The van der Waals surface area contributed by atoms with Crippen LogP contribution in [0.3, 0.4) is 0 Å². The van der Waals surface area contributed by atoms with Gasteiger partial charge in [0, 0.05) is 30.7 Å². The van der Waals surface area contributed by atoms with Gasteiger partial charge in [0.25, 0.3) is 0 Å². The van der Waals surface area contributed by atoms with E-state index >= 15 is 0 Å². The fraction of sp³-hybridized carbons (Fsp3) is 0.750. The van der Waals surface area contributed by atoms with Gasteiger partial charge in [0.1, 0.15) is 6.33 Å². The lowest BCUT2D eigenvalue weighted by Crippen LogP contribution is -2.47. The van der Waals surface area contributed by atoms with E-state index in [4.69, 9.17) is 5.73 Å². The van der Waals surface area contributed by atoms with E-state index in [1.807, 2.05) is 0 Å². The first-order chi connectivity index (χ1) is 6.27. The average Bonchev–Trinajstić information content (AvgIpc) is 2.62. The maximum Gasteiger partial charge on any atom is 0.204 e. The van der Waals surface area contributed by atoms with E-state index in [2.05, 4.69) is 21.2 Å². The number of nitrogens with two attached hydrogens (primary N) is 1. The number of aromatic nitrogens is 2. The molecule has 5 heteroatoms. The van der Waals surface area contributed by atoms with Crippen LogP contribution < -0.4 is 10.6 Å². The molecule has 2 rings (SSSR count). The quantitative estimate of drug-likeness (QED) is 0.722. The van der Waals surface area contributed by atoms with Crippen molar-refractivity contribution in [1.82, 2.24) is 9.36 Å². The summed E-state index contributed by atoms with van der Waals surface area (Å²) in [5.41, 5.74) is 5.99. The molecule has 1 aromatic rings. The van der Waals surface area contributed by atoms with Gasteiger partial charge in [0.05, 0.1) is 0 Å². The summed E-state index contributed by atoms with van der Waals surface area (Å²) in [5.74, 6) is 0.629. The zero-order valence-electron chi connectivity index (χ0n) is 7.68. The summed E-state index contributed by atoms with van der Waals surface area (Å²) >= 11 is 1.44. The van der Waals surface area contributed by atoms with Crippen LogP contribution in [0.5, 0.6) is 0 Å². The maximum atomic E-state index is 5.99. The zero-order chi connectivity index (χ0) is 9.26. The van der Waals surface area contributed by atoms with Gasteiger partial charge in [-0.15, -0.1) is 0 Å². The lowest BCUT2D eigenvalue weighted by Gasteiger charge is -2.34. The van der Waals surface area contributed by atoms with Crippen LogP contribution in [0.2, 0.25) is 0 Å². The van der Waals surface area contributed by atoms with E-state index in [0.29, 0.717) is 5.92 Å². The molecule has 1 fully saturated rings. The molecule has 0 aromatic carbocycles. The number of hydrogen-bond donors (Lipinski definition) is 1. The molecule has 0 spiro atoms. The highest BCUT2D eigenvalue weighted by atomic mass is 32.1. The molecular weight excluding hydrogens is 184 g/mol. The third-order valence-electron chi connectivity index (χ3n) is 2.64. The fourth-order valence-electron chi connectivity index (χ4n) is 1.58. The molecule has 0 radical (unpaired) electrons. The van der Waals surface area contributed by atoms with E-state index in [0.717, 1.165) is 24.6 Å². The highest BCUT2D eigenvalue weighted by molar-refractivity contribution is 7.09. The summed E-state index contributed by atoms with van der Waals surface area (Å²) < 4.78 is 3.99. The summed E-state index contributed by atoms with van der Waals surface area (Å²) in [6.07, 6.45) is 2.75. The second-order valence-electron chi connectivity index (χ2n) is 3.60. The van der Waals surface area contributed by atoms with Crippen molar-refractivity contribution in [2.45, 2.75) is 19.4 Å². The van der Waals surface area contributed by atoms with Crippen LogP contribution in [0.25, 0.3) is 0 Å². The molecule has 72 valence electrons. The summed E-state index contributed by atoms with van der Waals surface area (Å²) in [5, 5.41) is 1.00. The third kappa shape index (κ3) is 1.81. The predicted octanol–water partition coefficient (Wildman–Crippen LogP) is 0.712. The topological polar surface area (TPSA) is 55.0 Å². The Labute approximate surface area is 81.9 Å². The second-order valence-corrected chi connectivity index (χ2v) is 4.36. The first-order valence-corrected chi connectivity index (χ1v) is 5.32. The third-order valence-corrected chi connectivity index (χ3v) is 3.36. The Bertz CT molecular complexity index is 261. The van der Waals surface area contributed by atoms with Gasteiger partial charge in [-0.2, -0.15) is 4.37 Å². The van der Waals surface area contributed by atoms with Crippen molar-refractivity contribution in [2.75, 3.05) is 18.0 Å². The molecular formula is C8H14N4S. The Morgan fingerprint density at radius 3 is 3.15 bits per heavy atom. The second kappa shape index (κ2) is 3.59. The summed E-state index contributed by atoms with van der Waals surface area (Å²) in [6.45, 7) is 4.18. The highest BCUT2D eigenvalue weighted by Crippen LogP contribution is 2.22. The minimum absolute atomic E-state index is 0.276. The molecule has 0 saturated carbocycles. The van der Waals surface area contributed by atoms with Crippen molar-refractivity contribution in [3.63, 3.8) is 0 Å². The molecule has 0 aliphatic carbocycles. The minimum Gasteiger partial charge on any atom is -0.345 e. The number of rotatable bonds is 1.